The molecule has 0 aliphatic carbocycles. The Morgan fingerprint density at radius 3 is 2.76 bits per heavy atom. The largest absolute Gasteiger partial charge is 0.491 e. The highest BCUT2D eigenvalue weighted by atomic mass is 35.5. The molecule has 0 unspecified atom stereocenters. The van der Waals surface area contributed by atoms with Gasteiger partial charge in [0.2, 0.25) is 0 Å². The number of benzene rings is 2. The molecule has 7 heteroatoms. The lowest BCUT2D eigenvalue weighted by Crippen LogP contribution is -2.32. The molecule has 1 aliphatic rings. The van der Waals surface area contributed by atoms with Crippen molar-refractivity contribution in [2.75, 3.05) is 31.7 Å². The smallest absolute Gasteiger partial charge is 0.319 e. The summed E-state index contributed by atoms with van der Waals surface area (Å²) in [5.41, 5.74) is 1.59. The lowest BCUT2D eigenvalue weighted by molar-refractivity contribution is 0.171. The van der Waals surface area contributed by atoms with E-state index < -0.39 is 0 Å². The van der Waals surface area contributed by atoms with E-state index in [9.17, 15) is 4.79 Å². The van der Waals surface area contributed by atoms with Crippen LogP contribution in [0.15, 0.2) is 36.4 Å². The Morgan fingerprint density at radius 1 is 1.16 bits per heavy atom. The molecule has 2 N–H and O–H groups in total. The number of ether oxygens (including phenoxy) is 3. The molecule has 0 radical (unpaired) electrons. The number of aryl methyl sites for hydroxylation is 1. The van der Waals surface area contributed by atoms with E-state index in [0.29, 0.717) is 48.6 Å². The number of rotatable bonds is 5. The van der Waals surface area contributed by atoms with E-state index in [1.54, 1.807) is 24.3 Å². The summed E-state index contributed by atoms with van der Waals surface area (Å²) in [4.78, 5) is 11.9. The van der Waals surface area contributed by atoms with E-state index in [2.05, 4.69) is 10.6 Å². The van der Waals surface area contributed by atoms with Crippen LogP contribution in [0.25, 0.3) is 0 Å². The molecule has 0 saturated heterocycles. The number of amides is 2. The fraction of sp³-hybridized carbons (Fsp3) is 0.278. The molecule has 25 heavy (non-hydrogen) atoms. The Morgan fingerprint density at radius 2 is 1.96 bits per heavy atom. The Kier molecular flexibility index (Phi) is 5.50. The Balaban J connectivity index is 1.43. The molecule has 6 nitrogen and oxygen atoms in total. The van der Waals surface area contributed by atoms with Crippen LogP contribution in [-0.4, -0.2) is 32.4 Å². The average molecular weight is 363 g/mol. The van der Waals surface area contributed by atoms with E-state index in [1.807, 2.05) is 19.1 Å². The first-order valence-corrected chi connectivity index (χ1v) is 8.33. The monoisotopic (exact) mass is 362 g/mol. The zero-order valence-corrected chi connectivity index (χ0v) is 14.6. The van der Waals surface area contributed by atoms with Crippen molar-refractivity contribution in [2.45, 2.75) is 6.92 Å². The van der Waals surface area contributed by atoms with Gasteiger partial charge in [0.25, 0.3) is 0 Å². The maximum Gasteiger partial charge on any atom is 0.319 e. The average Bonchev–Trinajstić information content (AvgIpc) is 2.60. The number of anilines is 1. The first kappa shape index (κ1) is 17.2. The van der Waals surface area contributed by atoms with Crippen molar-refractivity contribution in [2.24, 2.45) is 0 Å². The predicted octanol–water partition coefficient (Wildman–Crippen LogP) is 3.62. The molecule has 2 aromatic rings. The summed E-state index contributed by atoms with van der Waals surface area (Å²) in [7, 11) is 0. The van der Waals surface area contributed by atoms with E-state index >= 15 is 0 Å². The summed E-state index contributed by atoms with van der Waals surface area (Å²) >= 11 is 5.90. The zero-order chi connectivity index (χ0) is 17.6. The third-order valence-electron chi connectivity index (χ3n) is 3.58. The fourth-order valence-electron chi connectivity index (χ4n) is 2.40. The predicted molar refractivity (Wildman–Crippen MR) is 96.1 cm³/mol. The number of carbonyl (C=O) groups is 1. The molecule has 0 saturated carbocycles. The van der Waals surface area contributed by atoms with Crippen LogP contribution in [0.3, 0.4) is 0 Å². The maximum absolute atomic E-state index is 11.9. The fourth-order valence-corrected chi connectivity index (χ4v) is 2.62. The van der Waals surface area contributed by atoms with Crippen LogP contribution >= 0.6 is 11.6 Å². The van der Waals surface area contributed by atoms with E-state index in [4.69, 9.17) is 25.8 Å². The summed E-state index contributed by atoms with van der Waals surface area (Å²) in [5.74, 6) is 2.06. The number of hydrogen-bond acceptors (Lipinski definition) is 4. The van der Waals surface area contributed by atoms with Gasteiger partial charge < -0.3 is 24.8 Å². The molecule has 2 amide bonds. The van der Waals surface area contributed by atoms with Gasteiger partial charge in [-0.2, -0.15) is 0 Å². The minimum absolute atomic E-state index is 0.312. The van der Waals surface area contributed by atoms with Crippen LogP contribution in [0.4, 0.5) is 10.5 Å². The van der Waals surface area contributed by atoms with Crippen LogP contribution in [0.5, 0.6) is 17.2 Å². The third-order valence-corrected chi connectivity index (χ3v) is 3.82. The quantitative estimate of drug-likeness (QED) is 0.797. The summed E-state index contributed by atoms with van der Waals surface area (Å²) in [6.07, 6.45) is 0. The van der Waals surface area contributed by atoms with Crippen LogP contribution in [0.2, 0.25) is 5.02 Å². The highest BCUT2D eigenvalue weighted by molar-refractivity contribution is 6.30. The molecule has 132 valence electrons. The molecule has 0 atom stereocenters. The van der Waals surface area contributed by atoms with Gasteiger partial charge in [0.15, 0.2) is 11.5 Å². The first-order valence-electron chi connectivity index (χ1n) is 7.95. The van der Waals surface area contributed by atoms with Gasteiger partial charge in [0.05, 0.1) is 6.54 Å². The summed E-state index contributed by atoms with van der Waals surface area (Å²) < 4.78 is 16.6. The van der Waals surface area contributed by atoms with Crippen molar-refractivity contribution in [3.63, 3.8) is 0 Å². The van der Waals surface area contributed by atoms with Gasteiger partial charge >= 0.3 is 6.03 Å². The number of hydrogen-bond donors (Lipinski definition) is 2. The van der Waals surface area contributed by atoms with Crippen molar-refractivity contribution in [3.8, 4) is 17.2 Å². The van der Waals surface area contributed by atoms with E-state index in [1.165, 1.54) is 0 Å². The molecular formula is C18H19ClN2O4. The molecule has 0 spiro atoms. The molecule has 2 aromatic carbocycles. The lowest BCUT2D eigenvalue weighted by Gasteiger charge is -2.19. The van der Waals surface area contributed by atoms with Gasteiger partial charge in [-0.25, -0.2) is 4.79 Å². The van der Waals surface area contributed by atoms with Crippen molar-refractivity contribution in [1.82, 2.24) is 5.32 Å². The topological polar surface area (TPSA) is 68.8 Å². The summed E-state index contributed by atoms with van der Waals surface area (Å²) in [6.45, 7) is 3.69. The van der Waals surface area contributed by atoms with E-state index in [0.717, 1.165) is 11.3 Å². The third kappa shape index (κ3) is 4.70. The van der Waals surface area contributed by atoms with Crippen LogP contribution in [0, 0.1) is 6.92 Å². The number of urea groups is 1. The molecule has 0 bridgehead atoms. The zero-order valence-electron chi connectivity index (χ0n) is 13.8. The number of nitrogens with one attached hydrogen (secondary N) is 2. The lowest BCUT2D eigenvalue weighted by atomic mass is 10.2. The molecule has 0 fully saturated rings. The number of fused-ring (bicyclic) bond motifs is 1. The Hall–Kier alpha value is -2.60. The van der Waals surface area contributed by atoms with Crippen LogP contribution < -0.4 is 24.8 Å². The van der Waals surface area contributed by atoms with Crippen LogP contribution in [0.1, 0.15) is 5.56 Å². The summed E-state index contributed by atoms with van der Waals surface area (Å²) in [5, 5.41) is 6.16. The van der Waals surface area contributed by atoms with E-state index in [-0.39, 0.29) is 6.03 Å². The molecule has 3 rings (SSSR count). The van der Waals surface area contributed by atoms with Crippen molar-refractivity contribution in [3.05, 3.63) is 47.0 Å². The van der Waals surface area contributed by atoms with Gasteiger partial charge in [-0.05, 0) is 42.8 Å². The van der Waals surface area contributed by atoms with Crippen molar-refractivity contribution < 1.29 is 19.0 Å². The normalized spacial score (nSPS) is 12.4. The van der Waals surface area contributed by atoms with Gasteiger partial charge in [0.1, 0.15) is 25.6 Å². The minimum Gasteiger partial charge on any atom is -0.491 e. The van der Waals surface area contributed by atoms with Crippen molar-refractivity contribution >= 4 is 23.3 Å². The second-order valence-corrected chi connectivity index (χ2v) is 5.93. The Bertz CT molecular complexity index is 767. The van der Waals surface area contributed by atoms with Gasteiger partial charge in [0, 0.05) is 16.8 Å². The number of halogens is 1. The SMILES string of the molecule is Cc1cc(Cl)ccc1OCCNC(=O)Nc1ccc2c(c1)OCCO2. The van der Waals surface area contributed by atoms with Crippen LogP contribution in [-0.2, 0) is 0 Å². The van der Waals surface area contributed by atoms with Gasteiger partial charge in [-0.3, -0.25) is 0 Å². The summed E-state index contributed by atoms with van der Waals surface area (Å²) in [6, 6.07) is 10.4. The molecule has 0 aromatic heterocycles. The second kappa shape index (κ2) is 7.98. The molecular weight excluding hydrogens is 344 g/mol. The van der Waals surface area contributed by atoms with Crippen molar-refractivity contribution in [1.29, 1.82) is 0 Å². The number of carbonyl (C=O) groups excluding carboxylic acids is 1. The highest BCUT2D eigenvalue weighted by Crippen LogP contribution is 2.32. The minimum atomic E-state index is -0.312. The maximum atomic E-state index is 11.9. The Labute approximate surface area is 151 Å². The molecule has 1 heterocycles. The van der Waals surface area contributed by atoms with Gasteiger partial charge in [-0.15, -0.1) is 0 Å². The first-order chi connectivity index (χ1) is 12.1. The standard InChI is InChI=1S/C18H19ClN2O4/c1-12-10-13(19)2-4-15(12)23-7-6-20-18(22)21-14-3-5-16-17(11-14)25-9-8-24-16/h2-5,10-11H,6-9H2,1H3,(H2,20,21,22). The second-order valence-electron chi connectivity index (χ2n) is 5.50. The highest BCUT2D eigenvalue weighted by Gasteiger charge is 2.12. The van der Waals surface area contributed by atoms with Gasteiger partial charge in [-0.1, -0.05) is 11.6 Å². The molecule has 1 aliphatic heterocycles.